The van der Waals surface area contributed by atoms with Gasteiger partial charge in [-0.05, 0) is 80.8 Å². The van der Waals surface area contributed by atoms with Crippen LogP contribution in [0.15, 0.2) is 59.7 Å². The fraction of sp³-hybridized carbons (Fsp3) is 0.421. The quantitative estimate of drug-likeness (QED) is 0.235. The molecule has 1 unspecified atom stereocenters. The first kappa shape index (κ1) is 34.3. The van der Waals surface area contributed by atoms with E-state index in [1.807, 2.05) is 29.1 Å². The summed E-state index contributed by atoms with van der Waals surface area (Å²) in [7, 11) is 1.66. The van der Waals surface area contributed by atoms with Crippen LogP contribution in [0.25, 0.3) is 21.9 Å². The Bertz CT molecular complexity index is 2350. The molecule has 3 atom stereocenters. The van der Waals surface area contributed by atoms with E-state index in [0.717, 1.165) is 55.2 Å². The van der Waals surface area contributed by atoms with Gasteiger partial charge in [0.25, 0.3) is 5.91 Å². The highest BCUT2D eigenvalue weighted by Crippen LogP contribution is 2.38. The number of benzene rings is 1. The van der Waals surface area contributed by atoms with Gasteiger partial charge in [0.1, 0.15) is 41.0 Å². The van der Waals surface area contributed by atoms with E-state index in [1.54, 1.807) is 37.5 Å². The Morgan fingerprint density at radius 1 is 1.08 bits per heavy atom. The zero-order valence-corrected chi connectivity index (χ0v) is 29.2. The van der Waals surface area contributed by atoms with E-state index >= 15 is 4.39 Å². The number of piperidine rings is 2. The van der Waals surface area contributed by atoms with Crippen molar-refractivity contribution in [1.29, 1.82) is 5.26 Å². The summed E-state index contributed by atoms with van der Waals surface area (Å²) in [4.78, 5) is 61.1. The molecule has 1 aromatic carbocycles. The van der Waals surface area contributed by atoms with Crippen LogP contribution >= 0.6 is 0 Å². The third kappa shape index (κ3) is 6.59. The molecule has 0 bridgehead atoms. The Balaban J connectivity index is 0.878. The predicted octanol–water partition coefficient (Wildman–Crippen LogP) is 4.14. The number of carbonyl (C=O) groups excluding carboxylic acids is 3. The van der Waals surface area contributed by atoms with Crippen LogP contribution < -0.4 is 16.3 Å². The number of para-hydroxylation sites is 1. The smallest absolute Gasteiger partial charge is 0.305 e. The van der Waals surface area contributed by atoms with Crippen molar-refractivity contribution >= 4 is 45.5 Å². The largest absolute Gasteiger partial charge is 0.329 e. The van der Waals surface area contributed by atoms with Gasteiger partial charge in [0.2, 0.25) is 11.8 Å². The van der Waals surface area contributed by atoms with Crippen LogP contribution in [0.1, 0.15) is 84.7 Å². The number of anilines is 1. The molecule has 1 aliphatic carbocycles. The maximum atomic E-state index is 16.1. The number of nitrogens with one attached hydrogen (secondary N) is 2. The molecular formula is C38H39FN10O4. The predicted molar refractivity (Wildman–Crippen MR) is 193 cm³/mol. The van der Waals surface area contributed by atoms with E-state index in [9.17, 15) is 19.2 Å². The molecule has 0 spiro atoms. The van der Waals surface area contributed by atoms with Gasteiger partial charge in [-0.2, -0.15) is 10.4 Å². The Morgan fingerprint density at radius 2 is 1.89 bits per heavy atom. The Hall–Kier alpha value is -5.75. The van der Waals surface area contributed by atoms with Gasteiger partial charge < -0.3 is 10.2 Å². The summed E-state index contributed by atoms with van der Waals surface area (Å²) in [6.45, 7) is 1.90. The summed E-state index contributed by atoms with van der Waals surface area (Å²) in [5.74, 6) is -0.839. The Morgan fingerprint density at radius 3 is 2.66 bits per heavy atom. The first-order valence-corrected chi connectivity index (χ1v) is 18.1. The first-order valence-electron chi connectivity index (χ1n) is 18.1. The van der Waals surface area contributed by atoms with Crippen molar-refractivity contribution in [2.75, 3.05) is 25.0 Å². The van der Waals surface area contributed by atoms with Gasteiger partial charge in [-0.25, -0.2) is 19.2 Å². The van der Waals surface area contributed by atoms with E-state index in [-0.39, 0.29) is 47.8 Å². The van der Waals surface area contributed by atoms with Crippen molar-refractivity contribution in [2.45, 2.75) is 69.1 Å². The number of imidazole rings is 1. The molecule has 2 saturated heterocycles. The maximum Gasteiger partial charge on any atom is 0.329 e. The average molecular weight is 719 g/mol. The molecule has 272 valence electrons. The van der Waals surface area contributed by atoms with Crippen molar-refractivity contribution in [3.63, 3.8) is 0 Å². The number of amides is 3. The fourth-order valence-corrected chi connectivity index (χ4v) is 8.44. The molecule has 8 rings (SSSR count). The van der Waals surface area contributed by atoms with Crippen LogP contribution in [0.3, 0.4) is 0 Å². The van der Waals surface area contributed by atoms with Crippen molar-refractivity contribution in [3.05, 3.63) is 82.3 Å². The minimum Gasteiger partial charge on any atom is -0.305 e. The lowest BCUT2D eigenvalue weighted by Crippen LogP contribution is -2.44. The van der Waals surface area contributed by atoms with E-state index in [0.29, 0.717) is 35.7 Å². The van der Waals surface area contributed by atoms with Gasteiger partial charge in [-0.3, -0.25) is 33.5 Å². The van der Waals surface area contributed by atoms with Crippen molar-refractivity contribution < 1.29 is 18.8 Å². The molecule has 14 nitrogen and oxygen atoms in total. The molecule has 6 heterocycles. The molecule has 2 aliphatic heterocycles. The summed E-state index contributed by atoms with van der Waals surface area (Å²) < 4.78 is 21.0. The summed E-state index contributed by atoms with van der Waals surface area (Å²) in [6, 6.07) is 13.4. The monoisotopic (exact) mass is 718 g/mol. The molecule has 1 saturated carbocycles. The number of aryl methyl sites for hydroxylation is 1. The van der Waals surface area contributed by atoms with Crippen LogP contribution in [0.4, 0.5) is 10.2 Å². The van der Waals surface area contributed by atoms with E-state index in [2.05, 4.69) is 25.5 Å². The van der Waals surface area contributed by atoms with Crippen molar-refractivity contribution in [1.82, 2.24) is 39.1 Å². The molecule has 3 aliphatic rings. The maximum absolute atomic E-state index is 16.1. The van der Waals surface area contributed by atoms with Crippen LogP contribution in [-0.4, -0.2) is 77.3 Å². The van der Waals surface area contributed by atoms with Gasteiger partial charge in [0, 0.05) is 44.1 Å². The lowest BCUT2D eigenvalue weighted by atomic mass is 9.83. The second-order valence-electron chi connectivity index (χ2n) is 14.5. The molecule has 5 aromatic rings. The second-order valence-corrected chi connectivity index (χ2v) is 14.5. The normalized spacial score (nSPS) is 23.9. The van der Waals surface area contributed by atoms with Gasteiger partial charge in [0.05, 0.1) is 23.3 Å². The second kappa shape index (κ2) is 14.0. The van der Waals surface area contributed by atoms with Gasteiger partial charge >= 0.3 is 5.69 Å². The van der Waals surface area contributed by atoms with Crippen LogP contribution in [0.5, 0.6) is 0 Å². The van der Waals surface area contributed by atoms with Gasteiger partial charge in [-0.15, -0.1) is 0 Å². The summed E-state index contributed by atoms with van der Waals surface area (Å²) >= 11 is 0. The highest BCUT2D eigenvalue weighted by molar-refractivity contribution is 6.03. The number of halogens is 1. The number of rotatable bonds is 7. The van der Waals surface area contributed by atoms with Gasteiger partial charge in [-0.1, -0.05) is 18.2 Å². The zero-order chi connectivity index (χ0) is 36.8. The van der Waals surface area contributed by atoms with Gasteiger partial charge in [0.15, 0.2) is 0 Å². The molecular weight excluding hydrogens is 679 g/mol. The number of fused-ring (bicyclic) bond motifs is 2. The number of nitriles is 1. The molecule has 4 aromatic heterocycles. The summed E-state index contributed by atoms with van der Waals surface area (Å²) in [5, 5.41) is 19.8. The van der Waals surface area contributed by atoms with E-state index in [1.165, 1.54) is 15.2 Å². The minimum atomic E-state index is -1.11. The number of hydrogen-bond donors (Lipinski definition) is 2. The number of hydrogen-bond acceptors (Lipinski definition) is 9. The first-order chi connectivity index (χ1) is 25.7. The average Bonchev–Trinajstić information content (AvgIpc) is 3.70. The topological polar surface area (TPSA) is 173 Å². The van der Waals surface area contributed by atoms with Crippen LogP contribution in [-0.2, 0) is 16.6 Å². The number of carbonyl (C=O) groups is 3. The number of aromatic nitrogens is 6. The van der Waals surface area contributed by atoms with Crippen molar-refractivity contribution in [2.24, 2.45) is 13.0 Å². The lowest BCUT2D eigenvalue weighted by molar-refractivity contribution is -0.135. The van der Waals surface area contributed by atoms with E-state index < -0.39 is 24.0 Å². The van der Waals surface area contributed by atoms with E-state index in [4.69, 9.17) is 10.4 Å². The van der Waals surface area contributed by atoms with Crippen LogP contribution in [0, 0.1) is 17.2 Å². The number of pyridine rings is 2. The lowest BCUT2D eigenvalue weighted by Gasteiger charge is -2.38. The number of likely N-dealkylation sites (tertiary alicyclic amines) is 1. The number of imide groups is 1. The fourth-order valence-electron chi connectivity index (χ4n) is 8.44. The number of alkyl halides is 1. The molecule has 53 heavy (non-hydrogen) atoms. The van der Waals surface area contributed by atoms with Crippen LogP contribution in [0.2, 0.25) is 0 Å². The molecule has 3 amide bonds. The SMILES string of the molecule is Cn1c(=O)n(C2CCC(=O)NC2=O)c2cccc([C@@H]3CCN(C[C@H]4CC[C@H](n5cc6cc(NC(=O)c7cccc(C#N)n7)ncc6n5)CC4)C[C@H]3F)c21. The Kier molecular flexibility index (Phi) is 9.07. The third-order valence-corrected chi connectivity index (χ3v) is 11.1. The zero-order valence-electron chi connectivity index (χ0n) is 29.2. The molecule has 3 fully saturated rings. The minimum absolute atomic E-state index is 0.134. The van der Waals surface area contributed by atoms with Crippen molar-refractivity contribution in [3.8, 4) is 6.07 Å². The molecule has 2 N–H and O–H groups in total. The summed E-state index contributed by atoms with van der Waals surface area (Å²) in [6.07, 6.45) is 7.44. The highest BCUT2D eigenvalue weighted by Gasteiger charge is 2.36. The summed E-state index contributed by atoms with van der Waals surface area (Å²) in [5.41, 5.74) is 2.68. The standard InChI is InChI=1S/C38H39FN10O4/c1-46-35-27(5-3-7-31(35)49(38(46)53)32-12-13-34(50)44-37(32)52)26-14-15-47(21-28(26)39)19-22-8-10-25(11-9-22)48-20-23-16-33(41-18-30(23)45-48)43-36(51)29-6-2-4-24(17-40)42-29/h2-7,16,18,20,22,25-26,28,32H,8-15,19,21H2,1H3,(H,43,51)(H,44,50,52)/t22-,25-,26-,28+,32?/m0/s1. The third-order valence-electron chi connectivity index (χ3n) is 11.1. The number of nitrogens with zero attached hydrogens (tertiary/aromatic N) is 8. The molecule has 0 radical (unpaired) electrons. The molecule has 15 heteroatoms. The Labute approximate surface area is 303 Å². The highest BCUT2D eigenvalue weighted by atomic mass is 19.1.